The number of rotatable bonds is 1. The molecule has 0 amide bonds. The van der Waals surface area contributed by atoms with Gasteiger partial charge in [0.25, 0.3) is 0 Å². The molecular formula is C10H12ClN. The first kappa shape index (κ1) is 8.09. The fourth-order valence-corrected chi connectivity index (χ4v) is 1.73. The van der Waals surface area contributed by atoms with E-state index < -0.39 is 0 Å². The van der Waals surface area contributed by atoms with Gasteiger partial charge in [-0.2, -0.15) is 0 Å². The third kappa shape index (κ3) is 1.23. The van der Waals surface area contributed by atoms with Crippen LogP contribution in [0.25, 0.3) is 0 Å². The van der Waals surface area contributed by atoms with Crippen molar-refractivity contribution in [1.29, 1.82) is 0 Å². The molecule has 0 unspecified atom stereocenters. The van der Waals surface area contributed by atoms with Gasteiger partial charge in [-0.15, -0.1) is 0 Å². The Morgan fingerprint density at radius 1 is 1.42 bits per heavy atom. The number of benzene rings is 1. The minimum absolute atomic E-state index is 0.108. The van der Waals surface area contributed by atoms with E-state index in [2.05, 4.69) is 13.0 Å². The summed E-state index contributed by atoms with van der Waals surface area (Å²) in [5.74, 6) is 0. The van der Waals surface area contributed by atoms with Crippen LogP contribution < -0.4 is 5.73 Å². The Morgan fingerprint density at radius 2 is 2.08 bits per heavy atom. The first-order valence-corrected chi connectivity index (χ1v) is 4.55. The average Bonchev–Trinajstić information content (AvgIpc) is 2.75. The van der Waals surface area contributed by atoms with Gasteiger partial charge in [0.05, 0.1) is 0 Å². The molecule has 1 aliphatic carbocycles. The van der Waals surface area contributed by atoms with Crippen LogP contribution >= 0.6 is 11.6 Å². The number of aryl methyl sites for hydroxylation is 1. The maximum absolute atomic E-state index is 6.05. The van der Waals surface area contributed by atoms with Gasteiger partial charge in [-0.1, -0.05) is 29.3 Å². The quantitative estimate of drug-likeness (QED) is 0.708. The number of halogens is 1. The fraction of sp³-hybridized carbons (Fsp3) is 0.400. The van der Waals surface area contributed by atoms with E-state index >= 15 is 0 Å². The van der Waals surface area contributed by atoms with Crippen LogP contribution in [0.2, 0.25) is 5.02 Å². The maximum Gasteiger partial charge on any atom is 0.0456 e. The summed E-state index contributed by atoms with van der Waals surface area (Å²) >= 11 is 6.04. The molecule has 0 bridgehead atoms. The van der Waals surface area contributed by atoms with Crippen LogP contribution in [0.4, 0.5) is 0 Å². The van der Waals surface area contributed by atoms with Crippen molar-refractivity contribution in [2.75, 3.05) is 0 Å². The maximum atomic E-state index is 6.05. The summed E-state index contributed by atoms with van der Waals surface area (Å²) in [7, 11) is 0. The van der Waals surface area contributed by atoms with Gasteiger partial charge in [0.15, 0.2) is 0 Å². The van der Waals surface area contributed by atoms with E-state index in [0.29, 0.717) is 0 Å². The van der Waals surface area contributed by atoms with E-state index in [-0.39, 0.29) is 5.54 Å². The van der Waals surface area contributed by atoms with E-state index in [9.17, 15) is 0 Å². The predicted molar refractivity (Wildman–Crippen MR) is 51.3 cm³/mol. The third-order valence-electron chi connectivity index (χ3n) is 2.45. The highest BCUT2D eigenvalue weighted by Gasteiger charge is 2.41. The van der Waals surface area contributed by atoms with E-state index in [1.165, 1.54) is 5.56 Å². The van der Waals surface area contributed by atoms with Crippen LogP contribution in [-0.2, 0) is 5.54 Å². The number of hydrogen-bond acceptors (Lipinski definition) is 1. The largest absolute Gasteiger partial charge is 0.321 e. The van der Waals surface area contributed by atoms with Crippen LogP contribution in [-0.4, -0.2) is 0 Å². The zero-order valence-electron chi connectivity index (χ0n) is 7.10. The summed E-state index contributed by atoms with van der Waals surface area (Å²) in [6.07, 6.45) is 2.13. The lowest BCUT2D eigenvalue weighted by Crippen LogP contribution is -2.19. The molecule has 0 spiro atoms. The number of hydrogen-bond donors (Lipinski definition) is 1. The highest BCUT2D eigenvalue weighted by Crippen LogP contribution is 2.45. The minimum atomic E-state index is -0.108. The molecule has 0 aromatic heterocycles. The van der Waals surface area contributed by atoms with Crippen LogP contribution in [0.5, 0.6) is 0 Å². The lowest BCUT2D eigenvalue weighted by molar-refractivity contribution is 0.739. The van der Waals surface area contributed by atoms with Gasteiger partial charge >= 0.3 is 0 Å². The smallest absolute Gasteiger partial charge is 0.0456 e. The molecule has 2 heteroatoms. The lowest BCUT2D eigenvalue weighted by atomic mass is 10.0. The standard InChI is InChI=1S/C10H12ClN/c1-7-2-3-9(11)8(6-7)10(12)4-5-10/h2-3,6H,4-5,12H2,1H3. The topological polar surface area (TPSA) is 26.0 Å². The molecule has 2 rings (SSSR count). The Bertz CT molecular complexity index is 316. The first-order chi connectivity index (χ1) is 5.62. The van der Waals surface area contributed by atoms with Gasteiger partial charge in [0.2, 0.25) is 0 Å². The van der Waals surface area contributed by atoms with Crippen molar-refractivity contribution >= 4 is 11.6 Å². The first-order valence-electron chi connectivity index (χ1n) is 4.17. The third-order valence-corrected chi connectivity index (χ3v) is 2.78. The Labute approximate surface area is 77.5 Å². The molecular weight excluding hydrogens is 170 g/mol. The highest BCUT2D eigenvalue weighted by atomic mass is 35.5. The van der Waals surface area contributed by atoms with Gasteiger partial charge < -0.3 is 5.73 Å². The van der Waals surface area contributed by atoms with Crippen molar-refractivity contribution in [3.63, 3.8) is 0 Å². The Kier molecular flexibility index (Phi) is 1.67. The number of nitrogens with two attached hydrogens (primary N) is 1. The molecule has 12 heavy (non-hydrogen) atoms. The Hall–Kier alpha value is -0.530. The van der Waals surface area contributed by atoms with Gasteiger partial charge in [0, 0.05) is 10.6 Å². The molecule has 1 aromatic rings. The summed E-state index contributed by atoms with van der Waals surface area (Å²) in [6, 6.07) is 6.03. The zero-order chi connectivity index (χ0) is 8.77. The molecule has 0 atom stereocenters. The normalized spacial score (nSPS) is 19.2. The van der Waals surface area contributed by atoms with Crippen molar-refractivity contribution in [2.45, 2.75) is 25.3 Å². The summed E-state index contributed by atoms with van der Waals surface area (Å²) in [6.45, 7) is 2.06. The van der Waals surface area contributed by atoms with Crippen molar-refractivity contribution < 1.29 is 0 Å². The average molecular weight is 182 g/mol. The minimum Gasteiger partial charge on any atom is -0.321 e. The zero-order valence-corrected chi connectivity index (χ0v) is 7.86. The fourth-order valence-electron chi connectivity index (χ4n) is 1.42. The molecule has 1 nitrogen and oxygen atoms in total. The van der Waals surface area contributed by atoms with E-state index in [4.69, 9.17) is 17.3 Å². The highest BCUT2D eigenvalue weighted by molar-refractivity contribution is 6.31. The summed E-state index contributed by atoms with van der Waals surface area (Å²) in [4.78, 5) is 0. The molecule has 1 aliphatic rings. The van der Waals surface area contributed by atoms with Gasteiger partial charge in [-0.3, -0.25) is 0 Å². The molecule has 1 saturated carbocycles. The molecule has 1 fully saturated rings. The van der Waals surface area contributed by atoms with Crippen LogP contribution in [0.1, 0.15) is 24.0 Å². The molecule has 0 aliphatic heterocycles. The van der Waals surface area contributed by atoms with Gasteiger partial charge in [0.1, 0.15) is 0 Å². The second-order valence-electron chi connectivity index (χ2n) is 3.64. The molecule has 2 N–H and O–H groups in total. The van der Waals surface area contributed by atoms with E-state index in [1.54, 1.807) is 0 Å². The van der Waals surface area contributed by atoms with Crippen molar-refractivity contribution in [3.05, 3.63) is 34.3 Å². The van der Waals surface area contributed by atoms with Gasteiger partial charge in [-0.05, 0) is 31.4 Å². The van der Waals surface area contributed by atoms with E-state index in [1.807, 2.05) is 12.1 Å². The molecule has 0 saturated heterocycles. The van der Waals surface area contributed by atoms with Crippen LogP contribution in [0.15, 0.2) is 18.2 Å². The second-order valence-corrected chi connectivity index (χ2v) is 4.05. The summed E-state index contributed by atoms with van der Waals surface area (Å²) in [5, 5.41) is 0.806. The SMILES string of the molecule is Cc1ccc(Cl)c(C2(N)CC2)c1. The lowest BCUT2D eigenvalue weighted by Gasteiger charge is -2.11. The van der Waals surface area contributed by atoms with Crippen molar-refractivity contribution in [2.24, 2.45) is 5.73 Å². The predicted octanol–water partition coefficient (Wildman–Crippen LogP) is 2.60. The molecule has 0 heterocycles. The second kappa shape index (κ2) is 2.48. The Balaban J connectivity index is 2.48. The Morgan fingerprint density at radius 3 is 2.67 bits per heavy atom. The summed E-state index contributed by atoms with van der Waals surface area (Å²) in [5.41, 5.74) is 8.29. The van der Waals surface area contributed by atoms with Gasteiger partial charge in [-0.25, -0.2) is 0 Å². The van der Waals surface area contributed by atoms with Crippen LogP contribution in [0, 0.1) is 6.92 Å². The van der Waals surface area contributed by atoms with Crippen molar-refractivity contribution in [1.82, 2.24) is 0 Å². The van der Waals surface area contributed by atoms with Crippen molar-refractivity contribution in [3.8, 4) is 0 Å². The molecule has 64 valence electrons. The molecule has 0 radical (unpaired) electrons. The summed E-state index contributed by atoms with van der Waals surface area (Å²) < 4.78 is 0. The van der Waals surface area contributed by atoms with E-state index in [0.717, 1.165) is 23.4 Å². The monoisotopic (exact) mass is 181 g/mol. The van der Waals surface area contributed by atoms with Crippen LogP contribution in [0.3, 0.4) is 0 Å². The molecule has 1 aromatic carbocycles.